The molecule has 34 heavy (non-hydrogen) atoms. The molecule has 2 N–H and O–H groups in total. The van der Waals surface area contributed by atoms with Gasteiger partial charge < -0.3 is 10.2 Å². The van der Waals surface area contributed by atoms with Crippen molar-refractivity contribution in [2.75, 3.05) is 21.5 Å². The first-order valence-electron chi connectivity index (χ1n) is 10.4. The first kappa shape index (κ1) is 23.7. The van der Waals surface area contributed by atoms with Gasteiger partial charge in [-0.3, -0.25) is 9.59 Å². The highest BCUT2D eigenvalue weighted by molar-refractivity contribution is 7.92. The van der Waals surface area contributed by atoms with Gasteiger partial charge in [0.15, 0.2) is 0 Å². The van der Waals surface area contributed by atoms with E-state index in [1.165, 1.54) is 30.5 Å². The van der Waals surface area contributed by atoms with E-state index < -0.39 is 15.9 Å². The van der Waals surface area contributed by atoms with Crippen LogP contribution in [0.4, 0.5) is 17.3 Å². The largest absolute Gasteiger partial charge is 0.326 e. The number of amides is 2. The molecule has 176 valence electrons. The number of carbonyl (C=O) groups excluding carboxylic acids is 2. The number of sulfonamides is 1. The molecule has 1 saturated heterocycles. The van der Waals surface area contributed by atoms with Crippen molar-refractivity contribution in [1.82, 2.24) is 9.97 Å². The molecule has 11 heteroatoms. The topological polar surface area (TPSA) is 121 Å². The van der Waals surface area contributed by atoms with Crippen molar-refractivity contribution < 1.29 is 18.0 Å². The number of hydrogen-bond acceptors (Lipinski definition) is 6. The van der Waals surface area contributed by atoms with Crippen molar-refractivity contribution in [2.45, 2.75) is 25.2 Å². The van der Waals surface area contributed by atoms with E-state index in [2.05, 4.69) is 20.0 Å². The Morgan fingerprint density at radius 3 is 2.53 bits per heavy atom. The summed E-state index contributed by atoms with van der Waals surface area (Å²) in [5.41, 5.74) is 2.59. The molecule has 4 rings (SSSR count). The predicted molar refractivity (Wildman–Crippen MR) is 129 cm³/mol. The van der Waals surface area contributed by atoms with E-state index in [-0.39, 0.29) is 35.6 Å². The number of aryl methyl sites for hydroxylation is 2. The van der Waals surface area contributed by atoms with E-state index in [9.17, 15) is 18.0 Å². The maximum atomic E-state index is 12.7. The Labute approximate surface area is 202 Å². The van der Waals surface area contributed by atoms with Crippen LogP contribution in [0.15, 0.2) is 59.6 Å². The third-order valence-corrected chi connectivity index (χ3v) is 7.17. The Kier molecular flexibility index (Phi) is 6.54. The molecule has 1 aliphatic rings. The van der Waals surface area contributed by atoms with Crippen molar-refractivity contribution in [3.8, 4) is 0 Å². The third kappa shape index (κ3) is 5.18. The normalized spacial score (nSPS) is 15.9. The predicted octanol–water partition coefficient (Wildman–Crippen LogP) is 3.54. The van der Waals surface area contributed by atoms with Gasteiger partial charge in [0.2, 0.25) is 17.8 Å². The Morgan fingerprint density at radius 2 is 1.85 bits per heavy atom. The lowest BCUT2D eigenvalue weighted by atomic mass is 10.1. The van der Waals surface area contributed by atoms with Gasteiger partial charge in [-0.1, -0.05) is 17.7 Å². The van der Waals surface area contributed by atoms with Crippen LogP contribution in [0.3, 0.4) is 0 Å². The van der Waals surface area contributed by atoms with Crippen molar-refractivity contribution in [1.29, 1.82) is 0 Å². The first-order valence-corrected chi connectivity index (χ1v) is 12.3. The number of nitrogens with zero attached hydrogens (tertiary/aromatic N) is 3. The molecule has 0 radical (unpaired) electrons. The number of anilines is 3. The summed E-state index contributed by atoms with van der Waals surface area (Å²) in [6.45, 7) is 3.83. The van der Waals surface area contributed by atoms with Gasteiger partial charge >= 0.3 is 0 Å². The molecule has 2 aromatic carbocycles. The smallest absolute Gasteiger partial charge is 0.264 e. The number of carbonyl (C=O) groups is 2. The van der Waals surface area contributed by atoms with E-state index in [0.717, 1.165) is 5.56 Å². The lowest BCUT2D eigenvalue weighted by Crippen LogP contribution is -2.28. The molecular formula is C23H22ClN5O4S. The standard InChI is InChI=1S/C23H22ClN5O4S/c1-14-3-6-18(12-20(14)24)29-13-16(11-21(29)30)22(31)27-17-4-7-19(8-5-17)34(32,33)28-23-25-10-9-15(2)26-23/h3-10,12,16H,11,13H2,1-2H3,(H,27,31)(H,25,26,28). The van der Waals surface area contributed by atoms with Crippen molar-refractivity contribution in [3.63, 3.8) is 0 Å². The van der Waals surface area contributed by atoms with Gasteiger partial charge in [0.1, 0.15) is 0 Å². The molecule has 0 aliphatic carbocycles. The first-order chi connectivity index (χ1) is 16.1. The van der Waals surface area contributed by atoms with Crippen LogP contribution < -0.4 is 14.9 Å². The van der Waals surface area contributed by atoms with Crippen LogP contribution in [0.1, 0.15) is 17.7 Å². The molecule has 1 fully saturated rings. The highest BCUT2D eigenvalue weighted by Crippen LogP contribution is 2.29. The van der Waals surface area contributed by atoms with Crippen molar-refractivity contribution in [2.24, 2.45) is 5.92 Å². The summed E-state index contributed by atoms with van der Waals surface area (Å²) in [6.07, 6.45) is 1.53. The molecule has 2 heterocycles. The molecule has 2 amide bonds. The summed E-state index contributed by atoms with van der Waals surface area (Å²) in [5.74, 6) is -1.05. The summed E-state index contributed by atoms with van der Waals surface area (Å²) in [5, 5.41) is 3.30. The second-order valence-electron chi connectivity index (χ2n) is 7.98. The number of aromatic nitrogens is 2. The zero-order chi connectivity index (χ0) is 24.5. The van der Waals surface area contributed by atoms with Gasteiger partial charge in [-0.2, -0.15) is 0 Å². The highest BCUT2D eigenvalue weighted by Gasteiger charge is 2.35. The van der Waals surface area contributed by atoms with E-state index in [0.29, 0.717) is 22.1 Å². The molecule has 1 unspecified atom stereocenters. The Balaban J connectivity index is 1.41. The fraction of sp³-hybridized carbons (Fsp3) is 0.217. The average Bonchev–Trinajstić information content (AvgIpc) is 3.17. The number of nitrogens with one attached hydrogen (secondary N) is 2. The van der Waals surface area contributed by atoms with Gasteiger partial charge in [-0.25, -0.2) is 23.1 Å². The molecule has 1 aliphatic heterocycles. The van der Waals surface area contributed by atoms with Crippen LogP contribution in [0, 0.1) is 19.8 Å². The van der Waals surface area contributed by atoms with Crippen LogP contribution in [-0.4, -0.2) is 36.7 Å². The summed E-state index contributed by atoms with van der Waals surface area (Å²) in [7, 11) is -3.89. The minimum atomic E-state index is -3.89. The Morgan fingerprint density at radius 1 is 1.12 bits per heavy atom. The van der Waals surface area contributed by atoms with E-state index in [4.69, 9.17) is 11.6 Å². The van der Waals surface area contributed by atoms with Gasteiger partial charge in [0.05, 0.1) is 10.8 Å². The van der Waals surface area contributed by atoms with Crippen molar-refractivity contribution >= 4 is 50.8 Å². The molecule has 1 aromatic heterocycles. The molecular weight excluding hydrogens is 478 g/mol. The molecule has 0 spiro atoms. The number of hydrogen-bond donors (Lipinski definition) is 2. The summed E-state index contributed by atoms with van der Waals surface area (Å²) in [4.78, 5) is 34.7. The highest BCUT2D eigenvalue weighted by atomic mass is 35.5. The van der Waals surface area contributed by atoms with Gasteiger partial charge in [0.25, 0.3) is 10.0 Å². The minimum absolute atomic E-state index is 0.00549. The average molecular weight is 500 g/mol. The summed E-state index contributed by atoms with van der Waals surface area (Å²) >= 11 is 6.17. The number of rotatable bonds is 6. The Hall–Kier alpha value is -3.50. The summed E-state index contributed by atoms with van der Waals surface area (Å²) in [6, 6.07) is 12.7. The SMILES string of the molecule is Cc1ccnc(NS(=O)(=O)c2ccc(NC(=O)C3CC(=O)N(c4ccc(C)c(Cl)c4)C3)cc2)n1. The molecule has 0 bridgehead atoms. The van der Waals surface area contributed by atoms with E-state index >= 15 is 0 Å². The van der Waals surface area contributed by atoms with Gasteiger partial charge in [-0.05, 0) is 61.9 Å². The maximum absolute atomic E-state index is 12.7. The minimum Gasteiger partial charge on any atom is -0.326 e. The third-order valence-electron chi connectivity index (χ3n) is 5.42. The van der Waals surface area contributed by atoms with Crippen LogP contribution in [0.5, 0.6) is 0 Å². The lowest BCUT2D eigenvalue weighted by Gasteiger charge is -2.17. The molecule has 1 atom stereocenters. The zero-order valence-electron chi connectivity index (χ0n) is 18.4. The lowest BCUT2D eigenvalue weighted by molar-refractivity contribution is -0.122. The van der Waals surface area contributed by atoms with Gasteiger partial charge in [0, 0.05) is 41.3 Å². The van der Waals surface area contributed by atoms with E-state index in [1.807, 2.05) is 13.0 Å². The van der Waals surface area contributed by atoms with E-state index in [1.54, 1.807) is 30.0 Å². The maximum Gasteiger partial charge on any atom is 0.264 e. The monoisotopic (exact) mass is 499 g/mol. The second-order valence-corrected chi connectivity index (χ2v) is 10.1. The Bertz CT molecular complexity index is 1360. The van der Waals surface area contributed by atoms with Crippen LogP contribution in [0.25, 0.3) is 0 Å². The second kappa shape index (κ2) is 9.40. The quantitative estimate of drug-likeness (QED) is 0.535. The number of benzene rings is 2. The molecule has 3 aromatic rings. The van der Waals surface area contributed by atoms with Crippen LogP contribution in [0.2, 0.25) is 5.02 Å². The zero-order valence-corrected chi connectivity index (χ0v) is 20.0. The van der Waals surface area contributed by atoms with Crippen LogP contribution in [-0.2, 0) is 19.6 Å². The van der Waals surface area contributed by atoms with Crippen molar-refractivity contribution in [3.05, 3.63) is 71.0 Å². The molecule has 0 saturated carbocycles. The molecule has 9 nitrogen and oxygen atoms in total. The van der Waals surface area contributed by atoms with Gasteiger partial charge in [-0.15, -0.1) is 0 Å². The fourth-order valence-corrected chi connectivity index (χ4v) is 4.65. The van der Waals surface area contributed by atoms with Crippen LogP contribution >= 0.6 is 11.6 Å². The number of halogens is 1. The summed E-state index contributed by atoms with van der Waals surface area (Å²) < 4.78 is 27.5. The fourth-order valence-electron chi connectivity index (χ4n) is 3.52.